The minimum Gasteiger partial charge on any atom is -0.342 e. The summed E-state index contributed by atoms with van der Waals surface area (Å²) in [5.74, 6) is 5.18. The summed E-state index contributed by atoms with van der Waals surface area (Å²) in [7, 11) is 0. The molecule has 0 saturated heterocycles. The highest BCUT2D eigenvalue weighted by Crippen LogP contribution is 2.07. The van der Waals surface area contributed by atoms with Gasteiger partial charge in [0.2, 0.25) is 0 Å². The monoisotopic (exact) mass is 164 g/mol. The second kappa shape index (κ2) is 2.84. The Bertz CT molecular complexity index is 380. The molecule has 0 atom stereocenters. The van der Waals surface area contributed by atoms with Crippen molar-refractivity contribution in [3.63, 3.8) is 0 Å². The van der Waals surface area contributed by atoms with Crippen LogP contribution in [0.1, 0.15) is 5.69 Å². The van der Waals surface area contributed by atoms with E-state index in [4.69, 9.17) is 5.84 Å². The fourth-order valence-electron chi connectivity index (χ4n) is 1.05. The Morgan fingerprint density at radius 3 is 3.17 bits per heavy atom. The molecule has 2 aromatic heterocycles. The molecule has 2 aromatic rings. The SMILES string of the molecule is NNCc1ncnc2nc[nH]c12. The fraction of sp³-hybridized carbons (Fsp3) is 0.167. The lowest BCUT2D eigenvalue weighted by Gasteiger charge is -1.97. The molecule has 0 spiro atoms. The molecule has 12 heavy (non-hydrogen) atoms. The Balaban J connectivity index is 2.57. The van der Waals surface area contributed by atoms with E-state index in [9.17, 15) is 0 Å². The number of nitrogens with two attached hydrogens (primary N) is 1. The first-order chi connectivity index (χ1) is 5.92. The zero-order valence-corrected chi connectivity index (χ0v) is 6.28. The molecule has 6 nitrogen and oxygen atoms in total. The van der Waals surface area contributed by atoms with E-state index in [-0.39, 0.29) is 0 Å². The maximum absolute atomic E-state index is 5.18. The largest absolute Gasteiger partial charge is 0.342 e. The number of H-pyrrole nitrogens is 1. The molecular formula is C6H8N6. The zero-order chi connectivity index (χ0) is 8.39. The Morgan fingerprint density at radius 1 is 1.42 bits per heavy atom. The summed E-state index contributed by atoms with van der Waals surface area (Å²) >= 11 is 0. The van der Waals surface area contributed by atoms with Crippen molar-refractivity contribution in [1.82, 2.24) is 25.4 Å². The van der Waals surface area contributed by atoms with Crippen LogP contribution in [0, 0.1) is 0 Å². The van der Waals surface area contributed by atoms with E-state index >= 15 is 0 Å². The molecule has 4 N–H and O–H groups in total. The first-order valence-electron chi connectivity index (χ1n) is 3.48. The van der Waals surface area contributed by atoms with Crippen LogP contribution in [0.2, 0.25) is 0 Å². The van der Waals surface area contributed by atoms with E-state index < -0.39 is 0 Å². The van der Waals surface area contributed by atoms with Crippen molar-refractivity contribution in [1.29, 1.82) is 0 Å². The number of nitrogens with one attached hydrogen (secondary N) is 2. The van der Waals surface area contributed by atoms with Crippen molar-refractivity contribution in [2.75, 3.05) is 0 Å². The van der Waals surface area contributed by atoms with Crippen LogP contribution < -0.4 is 11.3 Å². The van der Waals surface area contributed by atoms with Gasteiger partial charge in [0.15, 0.2) is 5.65 Å². The van der Waals surface area contributed by atoms with Gasteiger partial charge in [-0.15, -0.1) is 0 Å². The molecule has 0 bridgehead atoms. The summed E-state index contributed by atoms with van der Waals surface area (Å²) in [6, 6.07) is 0. The van der Waals surface area contributed by atoms with E-state index in [0.717, 1.165) is 11.2 Å². The summed E-state index contributed by atoms with van der Waals surface area (Å²) in [6.45, 7) is 0.501. The van der Waals surface area contributed by atoms with Crippen molar-refractivity contribution in [2.45, 2.75) is 6.54 Å². The molecule has 2 heterocycles. The highest BCUT2D eigenvalue weighted by atomic mass is 15.2. The van der Waals surface area contributed by atoms with Gasteiger partial charge in [-0.25, -0.2) is 15.0 Å². The number of aromatic amines is 1. The smallest absolute Gasteiger partial charge is 0.180 e. The predicted octanol–water partition coefficient (Wildman–Crippen LogP) is -0.684. The normalized spacial score (nSPS) is 10.8. The Hall–Kier alpha value is -1.53. The molecule has 0 aromatic carbocycles. The highest BCUT2D eigenvalue weighted by Gasteiger charge is 2.03. The van der Waals surface area contributed by atoms with Crippen LogP contribution in [0.4, 0.5) is 0 Å². The summed E-state index contributed by atoms with van der Waals surface area (Å²) in [5, 5.41) is 0. The average Bonchev–Trinajstić information content (AvgIpc) is 2.53. The third kappa shape index (κ3) is 1.03. The molecule has 0 aliphatic rings. The number of rotatable bonds is 2. The lowest BCUT2D eigenvalue weighted by molar-refractivity contribution is 0.725. The summed E-state index contributed by atoms with van der Waals surface area (Å²) in [5.41, 5.74) is 4.84. The van der Waals surface area contributed by atoms with Gasteiger partial charge < -0.3 is 4.98 Å². The topological polar surface area (TPSA) is 92.5 Å². The molecule has 0 aliphatic carbocycles. The molecule has 0 saturated carbocycles. The van der Waals surface area contributed by atoms with E-state index in [1.165, 1.54) is 6.33 Å². The summed E-state index contributed by atoms with van der Waals surface area (Å²) in [6.07, 6.45) is 3.05. The molecule has 62 valence electrons. The highest BCUT2D eigenvalue weighted by molar-refractivity contribution is 5.71. The maximum atomic E-state index is 5.18. The minimum absolute atomic E-state index is 0.501. The van der Waals surface area contributed by atoms with Gasteiger partial charge in [-0.05, 0) is 0 Å². The quantitative estimate of drug-likeness (QED) is 0.404. The Labute approximate surface area is 68.2 Å². The van der Waals surface area contributed by atoms with Crippen molar-refractivity contribution >= 4 is 11.2 Å². The predicted molar refractivity (Wildman–Crippen MR) is 42.7 cm³/mol. The van der Waals surface area contributed by atoms with E-state index in [1.807, 2.05) is 0 Å². The van der Waals surface area contributed by atoms with Gasteiger partial charge in [-0.3, -0.25) is 11.3 Å². The van der Waals surface area contributed by atoms with Crippen molar-refractivity contribution < 1.29 is 0 Å². The number of fused-ring (bicyclic) bond motifs is 1. The lowest BCUT2D eigenvalue weighted by Crippen LogP contribution is -2.21. The van der Waals surface area contributed by atoms with E-state index in [1.54, 1.807) is 6.33 Å². The first-order valence-corrected chi connectivity index (χ1v) is 3.48. The second-order valence-electron chi connectivity index (χ2n) is 2.30. The molecule has 0 unspecified atom stereocenters. The molecular weight excluding hydrogens is 156 g/mol. The van der Waals surface area contributed by atoms with Gasteiger partial charge in [0.1, 0.15) is 11.8 Å². The first kappa shape index (κ1) is 7.14. The lowest BCUT2D eigenvalue weighted by atomic mass is 10.3. The van der Waals surface area contributed by atoms with Crippen molar-refractivity contribution in [3.8, 4) is 0 Å². The number of imidazole rings is 1. The third-order valence-corrected chi connectivity index (χ3v) is 1.57. The van der Waals surface area contributed by atoms with E-state index in [2.05, 4.69) is 25.4 Å². The zero-order valence-electron chi connectivity index (χ0n) is 6.28. The van der Waals surface area contributed by atoms with Gasteiger partial charge >= 0.3 is 0 Å². The maximum Gasteiger partial charge on any atom is 0.180 e. The van der Waals surface area contributed by atoms with E-state index in [0.29, 0.717) is 12.2 Å². The Kier molecular flexibility index (Phi) is 1.69. The molecule has 0 fully saturated rings. The number of nitrogens with zero attached hydrogens (tertiary/aromatic N) is 3. The average molecular weight is 164 g/mol. The van der Waals surface area contributed by atoms with Crippen LogP contribution in [0.5, 0.6) is 0 Å². The van der Waals surface area contributed by atoms with Gasteiger partial charge in [0.25, 0.3) is 0 Å². The molecule has 0 amide bonds. The van der Waals surface area contributed by atoms with Crippen molar-refractivity contribution in [3.05, 3.63) is 18.3 Å². The van der Waals surface area contributed by atoms with Gasteiger partial charge in [-0.1, -0.05) is 0 Å². The van der Waals surface area contributed by atoms with Crippen LogP contribution in [0.25, 0.3) is 11.2 Å². The molecule has 6 heteroatoms. The molecule has 0 radical (unpaired) electrons. The second-order valence-corrected chi connectivity index (χ2v) is 2.30. The standard InChI is InChI=1S/C6H8N6/c7-12-1-4-5-6(10-2-8-4)11-3-9-5/h2-3,12H,1,7H2,(H,8,9,10,11). The van der Waals surface area contributed by atoms with Crippen LogP contribution in [0.3, 0.4) is 0 Å². The fourth-order valence-corrected chi connectivity index (χ4v) is 1.05. The molecule has 0 aliphatic heterocycles. The van der Waals surface area contributed by atoms with Crippen molar-refractivity contribution in [2.24, 2.45) is 5.84 Å². The van der Waals surface area contributed by atoms with Crippen LogP contribution in [-0.4, -0.2) is 19.9 Å². The summed E-state index contributed by atoms with van der Waals surface area (Å²) in [4.78, 5) is 14.9. The van der Waals surface area contributed by atoms with Crippen LogP contribution in [0.15, 0.2) is 12.7 Å². The number of aromatic nitrogens is 4. The van der Waals surface area contributed by atoms with Crippen LogP contribution in [-0.2, 0) is 6.54 Å². The number of hydrazine groups is 1. The third-order valence-electron chi connectivity index (χ3n) is 1.57. The van der Waals surface area contributed by atoms with Gasteiger partial charge in [0, 0.05) is 0 Å². The van der Waals surface area contributed by atoms with Crippen LogP contribution >= 0.6 is 0 Å². The number of hydrogen-bond acceptors (Lipinski definition) is 5. The Morgan fingerprint density at radius 2 is 2.33 bits per heavy atom. The molecule has 2 rings (SSSR count). The van der Waals surface area contributed by atoms with Gasteiger partial charge in [0.05, 0.1) is 18.6 Å². The van der Waals surface area contributed by atoms with Gasteiger partial charge in [-0.2, -0.15) is 0 Å². The summed E-state index contributed by atoms with van der Waals surface area (Å²) < 4.78 is 0. The minimum atomic E-state index is 0.501. The number of hydrogen-bond donors (Lipinski definition) is 3.